The summed E-state index contributed by atoms with van der Waals surface area (Å²) in [5.74, 6) is 0.0290. The zero-order valence-corrected chi connectivity index (χ0v) is 13.6. The number of carboxylic acids is 1. The summed E-state index contributed by atoms with van der Waals surface area (Å²) in [5, 5.41) is 12.2. The molecule has 126 valence electrons. The van der Waals surface area contributed by atoms with Gasteiger partial charge in [0.15, 0.2) is 0 Å². The van der Waals surface area contributed by atoms with Gasteiger partial charge in [-0.1, -0.05) is 6.42 Å². The number of fused-ring (bicyclic) bond motifs is 1. The van der Waals surface area contributed by atoms with Crippen LogP contribution in [0.3, 0.4) is 0 Å². The van der Waals surface area contributed by atoms with E-state index in [0.717, 1.165) is 32.1 Å². The van der Waals surface area contributed by atoms with Crippen molar-refractivity contribution in [2.24, 2.45) is 17.8 Å². The fourth-order valence-electron chi connectivity index (χ4n) is 3.70. The Morgan fingerprint density at radius 3 is 2.59 bits per heavy atom. The molecule has 0 aromatic rings. The standard InChI is InChI=1S/C14H24N2O5S/c1-22(20,21)16-13(17)5-3-9-2-4-10-8-15-12(14(18)19)7-11(10)6-9/h9-12,15H,2-8H2,1H3,(H,16,17)(H,18,19). The van der Waals surface area contributed by atoms with Crippen LogP contribution in [-0.2, 0) is 19.6 Å². The average molecular weight is 332 g/mol. The molecule has 2 aliphatic rings. The molecule has 1 amide bonds. The van der Waals surface area contributed by atoms with E-state index in [2.05, 4.69) is 5.32 Å². The molecule has 4 unspecified atom stereocenters. The van der Waals surface area contributed by atoms with Gasteiger partial charge in [-0.2, -0.15) is 0 Å². The predicted octanol–water partition coefficient (Wildman–Crippen LogP) is 0.321. The Bertz CT molecular complexity index is 533. The maximum atomic E-state index is 11.5. The van der Waals surface area contributed by atoms with Gasteiger partial charge in [0, 0.05) is 6.42 Å². The van der Waals surface area contributed by atoms with Gasteiger partial charge in [0.05, 0.1) is 6.26 Å². The zero-order chi connectivity index (χ0) is 16.3. The number of rotatable bonds is 5. The molecule has 4 atom stereocenters. The van der Waals surface area contributed by atoms with E-state index >= 15 is 0 Å². The number of carbonyl (C=O) groups is 2. The number of hydrogen-bond acceptors (Lipinski definition) is 5. The van der Waals surface area contributed by atoms with Gasteiger partial charge in [-0.15, -0.1) is 0 Å². The molecule has 1 saturated carbocycles. The van der Waals surface area contributed by atoms with Crippen molar-refractivity contribution in [2.75, 3.05) is 12.8 Å². The molecule has 1 saturated heterocycles. The SMILES string of the molecule is CS(=O)(=O)NC(=O)CCC1CCC2CNC(C(=O)O)CC2C1. The van der Waals surface area contributed by atoms with Crippen LogP contribution in [0.25, 0.3) is 0 Å². The molecule has 2 fully saturated rings. The first-order chi connectivity index (χ1) is 10.2. The summed E-state index contributed by atoms with van der Waals surface area (Å²) in [4.78, 5) is 22.6. The first kappa shape index (κ1) is 17.2. The van der Waals surface area contributed by atoms with Crippen molar-refractivity contribution in [2.45, 2.75) is 44.6 Å². The molecule has 8 heteroatoms. The van der Waals surface area contributed by atoms with E-state index in [1.165, 1.54) is 0 Å². The van der Waals surface area contributed by atoms with Crippen LogP contribution in [-0.4, -0.2) is 44.2 Å². The summed E-state index contributed by atoms with van der Waals surface area (Å²) in [6.45, 7) is 0.753. The Balaban J connectivity index is 1.80. The molecule has 1 heterocycles. The molecule has 0 aromatic heterocycles. The average Bonchev–Trinajstić information content (AvgIpc) is 2.42. The maximum absolute atomic E-state index is 11.5. The molecule has 0 radical (unpaired) electrons. The Kier molecular flexibility index (Phi) is 5.44. The lowest BCUT2D eigenvalue weighted by molar-refractivity contribution is -0.141. The number of carboxylic acid groups (broad SMARTS) is 1. The van der Waals surface area contributed by atoms with Crippen LogP contribution in [0.5, 0.6) is 0 Å². The van der Waals surface area contributed by atoms with Gasteiger partial charge in [-0.05, 0) is 50.0 Å². The first-order valence-corrected chi connectivity index (χ1v) is 9.60. The van der Waals surface area contributed by atoms with Crippen LogP contribution in [0.4, 0.5) is 0 Å². The lowest BCUT2D eigenvalue weighted by Gasteiger charge is -2.41. The third-order valence-corrected chi connectivity index (χ3v) is 5.39. The van der Waals surface area contributed by atoms with Gasteiger partial charge in [0.25, 0.3) is 0 Å². The van der Waals surface area contributed by atoms with Crippen molar-refractivity contribution in [3.63, 3.8) is 0 Å². The zero-order valence-electron chi connectivity index (χ0n) is 12.7. The summed E-state index contributed by atoms with van der Waals surface area (Å²) >= 11 is 0. The van der Waals surface area contributed by atoms with Crippen LogP contribution >= 0.6 is 0 Å². The van der Waals surface area contributed by atoms with Crippen molar-refractivity contribution >= 4 is 21.9 Å². The number of piperidine rings is 1. The molecule has 2 rings (SSSR count). The number of nitrogens with one attached hydrogen (secondary N) is 2. The van der Waals surface area contributed by atoms with Crippen LogP contribution in [0.2, 0.25) is 0 Å². The van der Waals surface area contributed by atoms with Gasteiger partial charge in [-0.25, -0.2) is 8.42 Å². The van der Waals surface area contributed by atoms with Crippen molar-refractivity contribution in [3.8, 4) is 0 Å². The molecule has 0 aromatic carbocycles. The van der Waals surface area contributed by atoms with E-state index in [4.69, 9.17) is 5.11 Å². The van der Waals surface area contributed by atoms with Crippen LogP contribution in [0.1, 0.15) is 38.5 Å². The second-order valence-electron chi connectivity index (χ2n) is 6.57. The molecular formula is C14H24N2O5S. The van der Waals surface area contributed by atoms with Crippen molar-refractivity contribution in [3.05, 3.63) is 0 Å². The highest BCUT2D eigenvalue weighted by molar-refractivity contribution is 7.89. The first-order valence-electron chi connectivity index (χ1n) is 7.71. The van der Waals surface area contributed by atoms with E-state index in [9.17, 15) is 18.0 Å². The minimum Gasteiger partial charge on any atom is -0.480 e. The number of sulfonamides is 1. The lowest BCUT2D eigenvalue weighted by atomic mass is 9.69. The van der Waals surface area contributed by atoms with E-state index in [0.29, 0.717) is 30.6 Å². The van der Waals surface area contributed by atoms with Gasteiger partial charge in [-0.3, -0.25) is 14.3 Å². The van der Waals surface area contributed by atoms with Gasteiger partial charge in [0.2, 0.25) is 15.9 Å². The third kappa shape index (κ3) is 4.95. The summed E-state index contributed by atoms with van der Waals surface area (Å²) in [6, 6.07) is -0.464. The topological polar surface area (TPSA) is 113 Å². The molecule has 1 aliphatic carbocycles. The molecule has 0 spiro atoms. The molecular weight excluding hydrogens is 308 g/mol. The largest absolute Gasteiger partial charge is 0.480 e. The fourth-order valence-corrected chi connectivity index (χ4v) is 4.22. The Morgan fingerprint density at radius 1 is 1.23 bits per heavy atom. The van der Waals surface area contributed by atoms with Crippen molar-refractivity contribution < 1.29 is 23.1 Å². The highest BCUT2D eigenvalue weighted by atomic mass is 32.2. The fraction of sp³-hybridized carbons (Fsp3) is 0.857. The normalized spacial score (nSPS) is 32.0. The Labute approximate surface area is 130 Å². The third-order valence-electron chi connectivity index (χ3n) is 4.79. The second-order valence-corrected chi connectivity index (χ2v) is 8.32. The second kappa shape index (κ2) is 6.95. The number of aliphatic carboxylic acids is 1. The van der Waals surface area contributed by atoms with Crippen LogP contribution in [0.15, 0.2) is 0 Å². The van der Waals surface area contributed by atoms with Gasteiger partial charge >= 0.3 is 5.97 Å². The van der Waals surface area contributed by atoms with E-state index in [1.807, 2.05) is 4.72 Å². The molecule has 1 aliphatic heterocycles. The minimum atomic E-state index is -3.49. The summed E-state index contributed by atoms with van der Waals surface area (Å²) in [5.41, 5.74) is 0. The molecule has 7 nitrogen and oxygen atoms in total. The summed E-state index contributed by atoms with van der Waals surface area (Å²) < 4.78 is 24.0. The smallest absolute Gasteiger partial charge is 0.320 e. The van der Waals surface area contributed by atoms with Crippen molar-refractivity contribution in [1.82, 2.24) is 10.0 Å². The number of amides is 1. The Hall–Kier alpha value is -1.15. The van der Waals surface area contributed by atoms with Crippen molar-refractivity contribution in [1.29, 1.82) is 0 Å². The Morgan fingerprint density at radius 2 is 1.95 bits per heavy atom. The maximum Gasteiger partial charge on any atom is 0.320 e. The minimum absolute atomic E-state index is 0.204. The quantitative estimate of drug-likeness (QED) is 0.668. The van der Waals surface area contributed by atoms with Gasteiger partial charge in [0.1, 0.15) is 6.04 Å². The van der Waals surface area contributed by atoms with Gasteiger partial charge < -0.3 is 10.4 Å². The lowest BCUT2D eigenvalue weighted by Crippen LogP contribution is -2.49. The van der Waals surface area contributed by atoms with Crippen LogP contribution < -0.4 is 10.0 Å². The van der Waals surface area contributed by atoms with E-state index in [-0.39, 0.29) is 6.42 Å². The summed E-state index contributed by atoms with van der Waals surface area (Å²) in [6.07, 6.45) is 5.48. The predicted molar refractivity (Wildman–Crippen MR) is 80.6 cm³/mol. The molecule has 3 N–H and O–H groups in total. The number of carbonyl (C=O) groups excluding carboxylic acids is 1. The van der Waals surface area contributed by atoms with Crippen LogP contribution in [0, 0.1) is 17.8 Å². The highest BCUT2D eigenvalue weighted by Gasteiger charge is 2.37. The van der Waals surface area contributed by atoms with E-state index < -0.39 is 27.9 Å². The highest BCUT2D eigenvalue weighted by Crippen LogP contribution is 2.40. The van der Waals surface area contributed by atoms with E-state index in [1.54, 1.807) is 0 Å². The molecule has 0 bridgehead atoms. The summed E-state index contributed by atoms with van der Waals surface area (Å²) in [7, 11) is -3.49. The molecule has 22 heavy (non-hydrogen) atoms. The number of hydrogen-bond donors (Lipinski definition) is 3. The monoisotopic (exact) mass is 332 g/mol.